The van der Waals surface area contributed by atoms with E-state index >= 15 is 0 Å². The van der Waals surface area contributed by atoms with Crippen molar-refractivity contribution in [2.75, 3.05) is 12.4 Å². The lowest BCUT2D eigenvalue weighted by atomic mass is 10.1. The van der Waals surface area contributed by atoms with Crippen LogP contribution in [0.2, 0.25) is 0 Å². The summed E-state index contributed by atoms with van der Waals surface area (Å²) in [4.78, 5) is 16.9. The first-order chi connectivity index (χ1) is 13.2. The SMILES string of the molecule is COc1cccc(NC(=O)NCc2cccc(-c3cn4c(n3)CCC4)c2)c1. The molecule has 0 fully saturated rings. The molecule has 1 aromatic heterocycles. The van der Waals surface area contributed by atoms with Crippen molar-refractivity contribution in [3.05, 3.63) is 66.1 Å². The highest BCUT2D eigenvalue weighted by molar-refractivity contribution is 5.89. The summed E-state index contributed by atoms with van der Waals surface area (Å²) in [5, 5.41) is 5.70. The Labute approximate surface area is 158 Å². The molecule has 2 aromatic carbocycles. The number of methoxy groups -OCH3 is 1. The van der Waals surface area contributed by atoms with Crippen molar-refractivity contribution >= 4 is 11.7 Å². The number of hydrogen-bond acceptors (Lipinski definition) is 3. The molecular formula is C21H22N4O2. The zero-order valence-corrected chi connectivity index (χ0v) is 15.2. The molecule has 0 radical (unpaired) electrons. The fourth-order valence-electron chi connectivity index (χ4n) is 3.29. The molecule has 2 heterocycles. The van der Waals surface area contributed by atoms with E-state index in [4.69, 9.17) is 9.72 Å². The highest BCUT2D eigenvalue weighted by Gasteiger charge is 2.14. The molecule has 0 saturated heterocycles. The molecule has 27 heavy (non-hydrogen) atoms. The zero-order valence-electron chi connectivity index (χ0n) is 15.2. The first-order valence-electron chi connectivity index (χ1n) is 9.05. The Bertz CT molecular complexity index is 943. The average Bonchev–Trinajstić information content (AvgIpc) is 3.29. The van der Waals surface area contributed by atoms with Crippen molar-refractivity contribution in [3.8, 4) is 17.0 Å². The topological polar surface area (TPSA) is 68.2 Å². The Kier molecular flexibility index (Phi) is 4.78. The molecule has 1 aliphatic rings. The molecule has 2 amide bonds. The zero-order chi connectivity index (χ0) is 18.6. The maximum absolute atomic E-state index is 12.2. The quantitative estimate of drug-likeness (QED) is 0.725. The number of carbonyl (C=O) groups excluding carboxylic acids is 1. The first-order valence-corrected chi connectivity index (χ1v) is 9.05. The second kappa shape index (κ2) is 7.53. The highest BCUT2D eigenvalue weighted by atomic mass is 16.5. The summed E-state index contributed by atoms with van der Waals surface area (Å²) >= 11 is 0. The van der Waals surface area contributed by atoms with Gasteiger partial charge in [0, 0.05) is 43.0 Å². The fourth-order valence-corrected chi connectivity index (χ4v) is 3.29. The number of nitrogens with zero attached hydrogens (tertiary/aromatic N) is 2. The summed E-state index contributed by atoms with van der Waals surface area (Å²) in [7, 11) is 1.60. The molecule has 0 saturated carbocycles. The van der Waals surface area contributed by atoms with Crippen LogP contribution < -0.4 is 15.4 Å². The fraction of sp³-hybridized carbons (Fsp3) is 0.238. The number of carbonyl (C=O) groups is 1. The van der Waals surface area contributed by atoms with Crippen LogP contribution in [0.5, 0.6) is 5.75 Å². The van der Waals surface area contributed by atoms with Crippen molar-refractivity contribution in [2.45, 2.75) is 25.9 Å². The third kappa shape index (κ3) is 3.95. The van der Waals surface area contributed by atoms with E-state index in [9.17, 15) is 4.79 Å². The predicted octanol–water partition coefficient (Wildman–Crippen LogP) is 3.83. The third-order valence-corrected chi connectivity index (χ3v) is 4.66. The van der Waals surface area contributed by atoms with Crippen LogP contribution >= 0.6 is 0 Å². The molecule has 3 aromatic rings. The lowest BCUT2D eigenvalue weighted by molar-refractivity contribution is 0.251. The van der Waals surface area contributed by atoms with E-state index in [1.54, 1.807) is 13.2 Å². The number of imidazole rings is 1. The lowest BCUT2D eigenvalue weighted by Gasteiger charge is -2.09. The van der Waals surface area contributed by atoms with Crippen LogP contribution in [0, 0.1) is 0 Å². The minimum Gasteiger partial charge on any atom is -0.497 e. The molecule has 4 rings (SSSR count). The lowest BCUT2D eigenvalue weighted by Crippen LogP contribution is -2.28. The van der Waals surface area contributed by atoms with Gasteiger partial charge in [0.05, 0.1) is 12.8 Å². The minimum atomic E-state index is -0.255. The van der Waals surface area contributed by atoms with Gasteiger partial charge in [-0.3, -0.25) is 0 Å². The molecule has 0 unspecified atom stereocenters. The molecule has 0 bridgehead atoms. The van der Waals surface area contributed by atoms with Gasteiger partial charge in [-0.1, -0.05) is 24.3 Å². The molecule has 1 aliphatic heterocycles. The summed E-state index contributed by atoms with van der Waals surface area (Å²) in [6.45, 7) is 1.49. The molecule has 0 atom stereocenters. The van der Waals surface area contributed by atoms with Crippen LogP contribution in [-0.4, -0.2) is 22.7 Å². The number of rotatable bonds is 5. The number of hydrogen-bond donors (Lipinski definition) is 2. The van der Waals surface area contributed by atoms with Gasteiger partial charge in [0.1, 0.15) is 11.6 Å². The number of amides is 2. The largest absolute Gasteiger partial charge is 0.497 e. The van der Waals surface area contributed by atoms with Gasteiger partial charge in [0.2, 0.25) is 0 Å². The van der Waals surface area contributed by atoms with Crippen LogP contribution in [0.15, 0.2) is 54.7 Å². The first kappa shape index (κ1) is 17.1. The molecule has 6 heteroatoms. The molecule has 6 nitrogen and oxygen atoms in total. The van der Waals surface area contributed by atoms with E-state index < -0.39 is 0 Å². The van der Waals surface area contributed by atoms with Crippen molar-refractivity contribution in [3.63, 3.8) is 0 Å². The van der Waals surface area contributed by atoms with Gasteiger partial charge >= 0.3 is 6.03 Å². The van der Waals surface area contributed by atoms with Crippen molar-refractivity contribution < 1.29 is 9.53 Å². The van der Waals surface area contributed by atoms with Crippen LogP contribution in [0.3, 0.4) is 0 Å². The third-order valence-electron chi connectivity index (χ3n) is 4.66. The monoisotopic (exact) mass is 362 g/mol. The number of urea groups is 1. The van der Waals surface area contributed by atoms with Gasteiger partial charge in [-0.15, -0.1) is 0 Å². The normalized spacial score (nSPS) is 12.5. The van der Waals surface area contributed by atoms with Crippen molar-refractivity contribution in [1.29, 1.82) is 0 Å². The number of aryl methyl sites for hydroxylation is 2. The molecular weight excluding hydrogens is 340 g/mol. The maximum atomic E-state index is 12.2. The van der Waals surface area contributed by atoms with Crippen molar-refractivity contribution in [2.24, 2.45) is 0 Å². The molecule has 2 N–H and O–H groups in total. The van der Waals surface area contributed by atoms with Crippen LogP contribution in [0.1, 0.15) is 17.8 Å². The Morgan fingerprint density at radius 2 is 2.11 bits per heavy atom. The van der Waals surface area contributed by atoms with Gasteiger partial charge < -0.3 is 19.9 Å². The molecule has 0 spiro atoms. The molecule has 0 aliphatic carbocycles. The van der Waals surface area contributed by atoms with E-state index in [1.807, 2.05) is 30.3 Å². The Balaban J connectivity index is 1.38. The predicted molar refractivity (Wildman–Crippen MR) is 105 cm³/mol. The minimum absolute atomic E-state index is 0.255. The van der Waals surface area contributed by atoms with E-state index in [2.05, 4.69) is 33.5 Å². The number of fused-ring (bicyclic) bond motifs is 1. The van der Waals surface area contributed by atoms with E-state index in [1.165, 1.54) is 6.42 Å². The van der Waals surface area contributed by atoms with E-state index in [-0.39, 0.29) is 6.03 Å². The summed E-state index contributed by atoms with van der Waals surface area (Å²) < 4.78 is 7.39. The van der Waals surface area contributed by atoms with Gasteiger partial charge in [0.15, 0.2) is 0 Å². The highest BCUT2D eigenvalue weighted by Crippen LogP contribution is 2.23. The molecule has 138 valence electrons. The number of anilines is 1. The maximum Gasteiger partial charge on any atom is 0.319 e. The van der Waals surface area contributed by atoms with E-state index in [0.29, 0.717) is 18.0 Å². The number of ether oxygens (including phenoxy) is 1. The second-order valence-electron chi connectivity index (χ2n) is 6.58. The number of benzene rings is 2. The van der Waals surface area contributed by atoms with Gasteiger partial charge in [-0.05, 0) is 30.2 Å². The van der Waals surface area contributed by atoms with Crippen LogP contribution in [-0.2, 0) is 19.5 Å². The van der Waals surface area contributed by atoms with Gasteiger partial charge in [-0.2, -0.15) is 0 Å². The van der Waals surface area contributed by atoms with Crippen LogP contribution in [0.25, 0.3) is 11.3 Å². The summed E-state index contributed by atoms with van der Waals surface area (Å²) in [6.07, 6.45) is 4.34. The summed E-state index contributed by atoms with van der Waals surface area (Å²) in [5.41, 5.74) is 3.78. The Morgan fingerprint density at radius 3 is 2.96 bits per heavy atom. The Hall–Kier alpha value is -3.28. The van der Waals surface area contributed by atoms with E-state index in [0.717, 1.165) is 35.6 Å². The number of aromatic nitrogens is 2. The summed E-state index contributed by atoms with van der Waals surface area (Å²) in [6, 6.07) is 15.1. The summed E-state index contributed by atoms with van der Waals surface area (Å²) in [5.74, 6) is 1.86. The number of nitrogens with one attached hydrogen (secondary N) is 2. The smallest absolute Gasteiger partial charge is 0.319 e. The van der Waals surface area contributed by atoms with Crippen LogP contribution in [0.4, 0.5) is 10.5 Å². The van der Waals surface area contributed by atoms with Crippen molar-refractivity contribution in [1.82, 2.24) is 14.9 Å². The standard InChI is InChI=1S/C21H22N4O2/c1-27-18-8-3-7-17(12-18)23-21(26)22-13-15-5-2-6-16(11-15)19-14-25-10-4-9-20(25)24-19/h2-3,5-8,11-12,14H,4,9-10,13H2,1H3,(H2,22,23,26). The average molecular weight is 362 g/mol. The second-order valence-corrected chi connectivity index (χ2v) is 6.58. The van der Waals surface area contributed by atoms with Gasteiger partial charge in [-0.25, -0.2) is 9.78 Å². The Morgan fingerprint density at radius 1 is 1.22 bits per heavy atom. The van der Waals surface area contributed by atoms with Gasteiger partial charge in [0.25, 0.3) is 0 Å².